The van der Waals surface area contributed by atoms with E-state index < -0.39 is 0 Å². The van der Waals surface area contributed by atoms with Crippen molar-refractivity contribution in [3.8, 4) is 33.8 Å². The summed E-state index contributed by atoms with van der Waals surface area (Å²) in [5.74, 6) is 0. The fourth-order valence-corrected chi connectivity index (χ4v) is 6.89. The molecule has 0 bridgehead atoms. The lowest BCUT2D eigenvalue weighted by molar-refractivity contribution is 0.203. The molecular formula is C44H34N6. The molecule has 3 aromatic heterocycles. The second-order valence-electron chi connectivity index (χ2n) is 12.6. The molecule has 2 atom stereocenters. The van der Waals surface area contributed by atoms with Gasteiger partial charge in [0.05, 0.1) is 46.6 Å². The lowest BCUT2D eigenvalue weighted by Crippen LogP contribution is -2.54. The first kappa shape index (κ1) is 30.0. The lowest BCUT2D eigenvalue weighted by Gasteiger charge is -2.40. The van der Waals surface area contributed by atoms with Gasteiger partial charge in [0.25, 0.3) is 0 Å². The van der Waals surface area contributed by atoms with E-state index in [1.165, 1.54) is 16.7 Å². The highest BCUT2D eigenvalue weighted by Crippen LogP contribution is 2.34. The zero-order chi connectivity index (χ0) is 33.3. The molecule has 0 spiro atoms. The average molecular weight is 647 g/mol. The normalized spacial score (nSPS) is 17.6. The molecule has 5 aromatic carbocycles. The van der Waals surface area contributed by atoms with Gasteiger partial charge in [-0.25, -0.2) is 9.97 Å². The number of pyridine rings is 3. The molecule has 50 heavy (non-hydrogen) atoms. The van der Waals surface area contributed by atoms with Gasteiger partial charge in [0.15, 0.2) is 0 Å². The highest BCUT2D eigenvalue weighted by Gasteiger charge is 2.30. The summed E-state index contributed by atoms with van der Waals surface area (Å²) in [6.45, 7) is 0. The number of aromatic nitrogens is 3. The Morgan fingerprint density at radius 1 is 0.400 bits per heavy atom. The number of nitrogens with zero attached hydrogens (tertiary/aromatic N) is 3. The van der Waals surface area contributed by atoms with E-state index in [4.69, 9.17) is 9.97 Å². The van der Waals surface area contributed by atoms with Gasteiger partial charge in [-0.1, -0.05) is 127 Å². The highest BCUT2D eigenvalue weighted by atomic mass is 15.4. The molecule has 1 fully saturated rings. The summed E-state index contributed by atoms with van der Waals surface area (Å²) in [6.07, 6.45) is 1.60. The first-order valence-electron chi connectivity index (χ1n) is 17.0. The van der Waals surface area contributed by atoms with Crippen molar-refractivity contribution >= 4 is 21.8 Å². The van der Waals surface area contributed by atoms with Crippen LogP contribution in [0.15, 0.2) is 170 Å². The fraction of sp³-hybridized carbons (Fsp3) is 0.0682. The summed E-state index contributed by atoms with van der Waals surface area (Å²) in [7, 11) is 0. The van der Waals surface area contributed by atoms with Gasteiger partial charge in [0.1, 0.15) is 0 Å². The van der Waals surface area contributed by atoms with Crippen LogP contribution in [-0.2, 0) is 0 Å². The standard InChI is InChI=1S/C44H34N6/c1-3-11-31(12-4-1)42-48-43(32-13-5-2-6-14-32)50-44(49-42)36-16-8-7-15-35(36)33-20-18-29-22-24-37(46-40(29)27-33)34-21-19-30-23-25-39(47-41(30)28-34)38-17-9-10-26-45-38/h1-28,42-44,48-50H. The molecule has 1 aliphatic heterocycles. The monoisotopic (exact) mass is 646 g/mol. The van der Waals surface area contributed by atoms with Gasteiger partial charge < -0.3 is 0 Å². The topological polar surface area (TPSA) is 74.8 Å². The summed E-state index contributed by atoms with van der Waals surface area (Å²) >= 11 is 0. The molecule has 2 unspecified atom stereocenters. The fourth-order valence-electron chi connectivity index (χ4n) is 6.89. The van der Waals surface area contributed by atoms with E-state index in [-0.39, 0.29) is 18.5 Å². The maximum atomic E-state index is 5.18. The van der Waals surface area contributed by atoms with Crippen LogP contribution in [0.3, 0.4) is 0 Å². The van der Waals surface area contributed by atoms with Gasteiger partial charge in [0, 0.05) is 22.5 Å². The van der Waals surface area contributed by atoms with Crippen LogP contribution < -0.4 is 16.0 Å². The number of fused-ring (bicyclic) bond motifs is 2. The number of hydrogen-bond acceptors (Lipinski definition) is 6. The number of nitrogens with one attached hydrogen (secondary N) is 3. The van der Waals surface area contributed by atoms with Gasteiger partial charge in [-0.2, -0.15) is 0 Å². The third-order valence-corrected chi connectivity index (χ3v) is 9.46. The van der Waals surface area contributed by atoms with Crippen molar-refractivity contribution < 1.29 is 0 Å². The summed E-state index contributed by atoms with van der Waals surface area (Å²) in [4.78, 5) is 14.6. The zero-order valence-electron chi connectivity index (χ0n) is 27.2. The van der Waals surface area contributed by atoms with E-state index in [1.54, 1.807) is 6.20 Å². The Kier molecular flexibility index (Phi) is 7.87. The van der Waals surface area contributed by atoms with Crippen molar-refractivity contribution in [2.45, 2.75) is 18.5 Å². The Labute approximate surface area is 290 Å². The van der Waals surface area contributed by atoms with E-state index in [0.717, 1.165) is 55.6 Å². The van der Waals surface area contributed by atoms with Crippen LogP contribution in [0.25, 0.3) is 55.6 Å². The van der Waals surface area contributed by atoms with E-state index in [9.17, 15) is 0 Å². The molecule has 6 heteroatoms. The minimum absolute atomic E-state index is 0.0435. The molecule has 240 valence electrons. The third kappa shape index (κ3) is 5.93. The molecule has 0 amide bonds. The predicted octanol–water partition coefficient (Wildman–Crippen LogP) is 9.36. The second kappa shape index (κ2) is 13.1. The molecule has 9 rings (SSSR count). The quantitative estimate of drug-likeness (QED) is 0.167. The molecule has 0 saturated carbocycles. The van der Waals surface area contributed by atoms with E-state index in [2.05, 4.69) is 160 Å². The van der Waals surface area contributed by atoms with Crippen molar-refractivity contribution in [2.24, 2.45) is 0 Å². The Balaban J connectivity index is 1.07. The van der Waals surface area contributed by atoms with Crippen LogP contribution in [-0.4, -0.2) is 15.0 Å². The Morgan fingerprint density at radius 3 is 1.62 bits per heavy atom. The maximum Gasteiger partial charge on any atom is 0.0893 e. The molecular weight excluding hydrogens is 613 g/mol. The summed E-state index contributed by atoms with van der Waals surface area (Å²) in [5, 5.41) is 13.6. The summed E-state index contributed by atoms with van der Waals surface area (Å²) in [5.41, 5.74) is 11.3. The van der Waals surface area contributed by atoms with Crippen molar-refractivity contribution in [2.75, 3.05) is 0 Å². The Hall–Kier alpha value is -6.05. The van der Waals surface area contributed by atoms with Crippen LogP contribution in [0.2, 0.25) is 0 Å². The largest absolute Gasteiger partial charge is 0.279 e. The molecule has 4 heterocycles. The lowest BCUT2D eigenvalue weighted by atomic mass is 9.95. The molecule has 1 saturated heterocycles. The number of benzene rings is 5. The van der Waals surface area contributed by atoms with E-state index in [1.807, 2.05) is 24.3 Å². The van der Waals surface area contributed by atoms with Crippen molar-refractivity contribution in [3.63, 3.8) is 0 Å². The van der Waals surface area contributed by atoms with Crippen molar-refractivity contribution in [1.82, 2.24) is 30.9 Å². The van der Waals surface area contributed by atoms with E-state index in [0.29, 0.717) is 0 Å². The number of rotatable bonds is 6. The van der Waals surface area contributed by atoms with Crippen LogP contribution in [0, 0.1) is 0 Å². The first-order valence-corrected chi connectivity index (χ1v) is 17.0. The smallest absolute Gasteiger partial charge is 0.0893 e. The van der Waals surface area contributed by atoms with E-state index >= 15 is 0 Å². The molecule has 1 aliphatic rings. The summed E-state index contributed by atoms with van der Waals surface area (Å²) < 4.78 is 0. The van der Waals surface area contributed by atoms with Gasteiger partial charge in [-0.05, 0) is 64.2 Å². The minimum atomic E-state index is -0.112. The predicted molar refractivity (Wildman–Crippen MR) is 202 cm³/mol. The Bertz CT molecular complexity index is 2380. The molecule has 0 radical (unpaired) electrons. The third-order valence-electron chi connectivity index (χ3n) is 9.46. The molecule has 0 aliphatic carbocycles. The van der Waals surface area contributed by atoms with Crippen LogP contribution in [0.5, 0.6) is 0 Å². The van der Waals surface area contributed by atoms with Crippen LogP contribution in [0.1, 0.15) is 35.2 Å². The maximum absolute atomic E-state index is 5.18. The summed E-state index contributed by atoms with van der Waals surface area (Å²) in [6, 6.07) is 57.0. The second-order valence-corrected chi connectivity index (χ2v) is 12.6. The highest BCUT2D eigenvalue weighted by molar-refractivity contribution is 5.89. The van der Waals surface area contributed by atoms with Crippen molar-refractivity contribution in [1.29, 1.82) is 0 Å². The molecule has 8 aromatic rings. The molecule has 6 nitrogen and oxygen atoms in total. The number of hydrogen-bond donors (Lipinski definition) is 3. The average Bonchev–Trinajstić information content (AvgIpc) is 3.21. The van der Waals surface area contributed by atoms with Crippen LogP contribution >= 0.6 is 0 Å². The van der Waals surface area contributed by atoms with Gasteiger partial charge >= 0.3 is 0 Å². The Morgan fingerprint density at radius 2 is 0.940 bits per heavy atom. The first-order chi connectivity index (χ1) is 24.7. The minimum Gasteiger partial charge on any atom is -0.279 e. The van der Waals surface area contributed by atoms with Gasteiger partial charge in [0.2, 0.25) is 0 Å². The van der Waals surface area contributed by atoms with Crippen LogP contribution in [0.4, 0.5) is 0 Å². The van der Waals surface area contributed by atoms with Crippen molar-refractivity contribution in [3.05, 3.63) is 187 Å². The SMILES string of the molecule is c1ccc(C2NC(c3ccccc3)NC(c3ccccc3-c3ccc4ccc(-c5ccc6ccc(-c7ccccn7)nc6c5)nc4c3)N2)cc1. The van der Waals surface area contributed by atoms with Gasteiger partial charge in [-0.3, -0.25) is 20.9 Å². The molecule has 3 N–H and O–H groups in total. The van der Waals surface area contributed by atoms with Gasteiger partial charge in [-0.15, -0.1) is 0 Å². The zero-order valence-corrected chi connectivity index (χ0v) is 27.2.